The lowest BCUT2D eigenvalue weighted by molar-refractivity contribution is -0.137. The minimum atomic E-state index is -3.21. The van der Waals surface area contributed by atoms with Crippen molar-refractivity contribution in [2.24, 2.45) is 11.8 Å². The molecule has 0 aromatic heterocycles. The molecule has 0 heterocycles. The Morgan fingerprint density at radius 3 is 2.59 bits per heavy atom. The Bertz CT molecular complexity index is 690. The number of aliphatic hydroxyl groups is 2. The molecule has 0 unspecified atom stereocenters. The van der Waals surface area contributed by atoms with Crippen molar-refractivity contribution in [1.29, 1.82) is 0 Å². The van der Waals surface area contributed by atoms with E-state index in [0.29, 0.717) is 25.0 Å². The van der Waals surface area contributed by atoms with Gasteiger partial charge in [-0.05, 0) is 43.4 Å². The maximum atomic E-state index is 14.2. The number of benzene rings is 1. The summed E-state index contributed by atoms with van der Waals surface area (Å²) in [7, 11) is 0. The van der Waals surface area contributed by atoms with Gasteiger partial charge in [-0.2, -0.15) is 8.78 Å². The highest BCUT2D eigenvalue weighted by Gasteiger charge is 2.40. The molecule has 1 aliphatic rings. The lowest BCUT2D eigenvalue weighted by Crippen LogP contribution is -2.25. The van der Waals surface area contributed by atoms with Crippen molar-refractivity contribution in [2.45, 2.75) is 50.2 Å². The average molecular weight is 410 g/mol. The minimum Gasteiger partial charge on any atom is -0.487 e. The molecule has 0 amide bonds. The molecule has 1 aromatic carbocycles. The fourth-order valence-electron chi connectivity index (χ4n) is 3.45. The van der Waals surface area contributed by atoms with Crippen LogP contribution < -0.4 is 4.74 Å². The molecule has 1 saturated carbocycles. The van der Waals surface area contributed by atoms with Crippen LogP contribution in [0.1, 0.15) is 32.1 Å². The summed E-state index contributed by atoms with van der Waals surface area (Å²) in [6, 6.07) is 8.34. The van der Waals surface area contributed by atoms with Crippen LogP contribution in [0.15, 0.2) is 54.6 Å². The van der Waals surface area contributed by atoms with E-state index in [1.807, 2.05) is 12.2 Å². The molecular formula is C22H28F2O5. The maximum Gasteiger partial charge on any atom is 0.303 e. The van der Waals surface area contributed by atoms with Crippen molar-refractivity contribution >= 4 is 5.97 Å². The topological polar surface area (TPSA) is 87.0 Å². The van der Waals surface area contributed by atoms with Gasteiger partial charge in [-0.1, -0.05) is 36.4 Å². The number of aliphatic carboxylic acids is 1. The lowest BCUT2D eigenvalue weighted by Gasteiger charge is -2.20. The number of unbranched alkanes of at least 4 members (excludes halogenated alkanes) is 1. The Balaban J connectivity index is 1.89. The third-order valence-electron chi connectivity index (χ3n) is 4.99. The van der Waals surface area contributed by atoms with Gasteiger partial charge < -0.3 is 20.1 Å². The number of carbonyl (C=O) groups is 1. The molecule has 0 bridgehead atoms. The third kappa shape index (κ3) is 7.95. The Labute approximate surface area is 169 Å². The van der Waals surface area contributed by atoms with E-state index in [0.717, 1.165) is 6.08 Å². The number of rotatable bonds is 11. The summed E-state index contributed by atoms with van der Waals surface area (Å²) in [6.07, 6.45) is 5.73. The normalized spacial score (nSPS) is 25.1. The van der Waals surface area contributed by atoms with Gasteiger partial charge in [0.1, 0.15) is 5.75 Å². The first-order chi connectivity index (χ1) is 13.8. The molecule has 0 radical (unpaired) electrons. The number of ether oxygens (including phenoxy) is 1. The SMILES string of the molecule is O=C(O)CCC/C=C\C[C@@H]1[C@H](C=CC(F)(F)COc2ccccc2)[C@H](O)C[C@H]1O. The maximum absolute atomic E-state index is 14.2. The number of alkyl halides is 2. The van der Waals surface area contributed by atoms with E-state index in [4.69, 9.17) is 9.84 Å². The fraction of sp³-hybridized carbons (Fsp3) is 0.500. The number of hydrogen-bond donors (Lipinski definition) is 3. The van der Waals surface area contributed by atoms with Gasteiger partial charge in [0, 0.05) is 18.8 Å². The first-order valence-corrected chi connectivity index (χ1v) is 9.76. The standard InChI is InChI=1S/C22H28F2O5/c23-22(24,15-29-16-8-4-3-5-9-16)13-12-18-17(19(25)14-20(18)26)10-6-1-2-7-11-21(27)28/h1,3-6,8-9,12-13,17-20,25-26H,2,7,10-11,14-15H2,(H,27,28)/b6-1-,13-12?/t17-,18+,19-,20-/m1/s1. The Hall–Kier alpha value is -2.25. The van der Waals surface area contributed by atoms with Gasteiger partial charge in [0.25, 0.3) is 5.92 Å². The van der Waals surface area contributed by atoms with Crippen LogP contribution in [-0.4, -0.2) is 46.0 Å². The molecule has 5 nitrogen and oxygen atoms in total. The number of para-hydroxylation sites is 1. The highest BCUT2D eigenvalue weighted by Crippen LogP contribution is 2.37. The Morgan fingerprint density at radius 1 is 1.17 bits per heavy atom. The van der Waals surface area contributed by atoms with E-state index in [2.05, 4.69) is 0 Å². The van der Waals surface area contributed by atoms with Crippen LogP contribution in [0.3, 0.4) is 0 Å². The summed E-state index contributed by atoms with van der Waals surface area (Å²) in [4.78, 5) is 10.5. The van der Waals surface area contributed by atoms with Crippen molar-refractivity contribution in [2.75, 3.05) is 6.61 Å². The first-order valence-electron chi connectivity index (χ1n) is 9.76. The molecule has 1 aromatic rings. The van der Waals surface area contributed by atoms with Gasteiger partial charge >= 0.3 is 5.97 Å². The molecule has 2 rings (SSSR count). The van der Waals surface area contributed by atoms with E-state index < -0.39 is 36.6 Å². The number of carboxylic acids is 1. The predicted molar refractivity (Wildman–Crippen MR) is 105 cm³/mol. The summed E-state index contributed by atoms with van der Waals surface area (Å²) in [5.41, 5.74) is 0. The van der Waals surface area contributed by atoms with E-state index in [1.165, 1.54) is 6.08 Å². The largest absolute Gasteiger partial charge is 0.487 e. The number of allylic oxidation sites excluding steroid dienone is 2. The van der Waals surface area contributed by atoms with Crippen molar-refractivity contribution in [3.63, 3.8) is 0 Å². The predicted octanol–water partition coefficient (Wildman–Crippen LogP) is 3.82. The smallest absolute Gasteiger partial charge is 0.303 e. The number of hydrogen-bond acceptors (Lipinski definition) is 4. The lowest BCUT2D eigenvalue weighted by atomic mass is 9.89. The zero-order valence-electron chi connectivity index (χ0n) is 16.2. The molecule has 7 heteroatoms. The highest BCUT2D eigenvalue weighted by atomic mass is 19.3. The van der Waals surface area contributed by atoms with Crippen LogP contribution in [0.2, 0.25) is 0 Å². The molecule has 1 fully saturated rings. The van der Waals surface area contributed by atoms with Crippen molar-refractivity contribution in [3.8, 4) is 5.75 Å². The Kier molecular flexibility index (Phi) is 8.79. The molecule has 3 N–H and O–H groups in total. The van der Waals surface area contributed by atoms with E-state index >= 15 is 0 Å². The summed E-state index contributed by atoms with van der Waals surface area (Å²) >= 11 is 0. The molecule has 0 spiro atoms. The summed E-state index contributed by atoms with van der Waals surface area (Å²) in [5, 5.41) is 28.9. The quantitative estimate of drug-likeness (QED) is 0.381. The second kappa shape index (κ2) is 11.1. The summed E-state index contributed by atoms with van der Waals surface area (Å²) in [6.45, 7) is -0.812. The van der Waals surface area contributed by atoms with Crippen LogP contribution in [0, 0.1) is 11.8 Å². The molecule has 0 aliphatic heterocycles. The molecule has 29 heavy (non-hydrogen) atoms. The van der Waals surface area contributed by atoms with Crippen LogP contribution >= 0.6 is 0 Å². The highest BCUT2D eigenvalue weighted by molar-refractivity contribution is 5.66. The Morgan fingerprint density at radius 2 is 1.90 bits per heavy atom. The number of aliphatic hydroxyl groups excluding tert-OH is 2. The average Bonchev–Trinajstić information content (AvgIpc) is 2.94. The second-order valence-corrected chi connectivity index (χ2v) is 7.33. The molecule has 160 valence electrons. The van der Waals surface area contributed by atoms with Crippen LogP contribution in [-0.2, 0) is 4.79 Å². The minimum absolute atomic E-state index is 0.0839. The van der Waals surface area contributed by atoms with Gasteiger partial charge in [-0.25, -0.2) is 0 Å². The van der Waals surface area contributed by atoms with Gasteiger partial charge in [0.05, 0.1) is 12.2 Å². The van der Waals surface area contributed by atoms with Crippen molar-refractivity contribution in [1.82, 2.24) is 0 Å². The van der Waals surface area contributed by atoms with Crippen LogP contribution in [0.25, 0.3) is 0 Å². The second-order valence-electron chi connectivity index (χ2n) is 7.33. The third-order valence-corrected chi connectivity index (χ3v) is 4.99. The van der Waals surface area contributed by atoms with Crippen molar-refractivity contribution in [3.05, 3.63) is 54.6 Å². The van der Waals surface area contributed by atoms with Gasteiger partial charge in [0.2, 0.25) is 0 Å². The van der Waals surface area contributed by atoms with E-state index in [-0.39, 0.29) is 18.8 Å². The molecule has 4 atom stereocenters. The van der Waals surface area contributed by atoms with Crippen LogP contribution in [0.5, 0.6) is 5.75 Å². The van der Waals surface area contributed by atoms with Gasteiger partial charge in [-0.3, -0.25) is 4.79 Å². The zero-order valence-corrected chi connectivity index (χ0v) is 16.2. The first kappa shape index (κ1) is 23.0. The molecule has 0 saturated heterocycles. The van der Waals surface area contributed by atoms with Crippen molar-refractivity contribution < 1.29 is 33.6 Å². The van der Waals surface area contributed by atoms with E-state index in [9.17, 15) is 23.8 Å². The zero-order chi connectivity index (χ0) is 21.3. The molecule has 1 aliphatic carbocycles. The molecular weight excluding hydrogens is 382 g/mol. The monoisotopic (exact) mass is 410 g/mol. The number of halogens is 2. The fourth-order valence-corrected chi connectivity index (χ4v) is 3.45. The number of carboxylic acid groups (broad SMARTS) is 1. The van der Waals surface area contributed by atoms with Gasteiger partial charge in [0.15, 0.2) is 6.61 Å². The van der Waals surface area contributed by atoms with Gasteiger partial charge in [-0.15, -0.1) is 0 Å². The summed E-state index contributed by atoms with van der Waals surface area (Å²) < 4.78 is 33.4. The van der Waals surface area contributed by atoms with E-state index in [1.54, 1.807) is 30.3 Å². The summed E-state index contributed by atoms with van der Waals surface area (Å²) in [5.74, 6) is -4.67. The van der Waals surface area contributed by atoms with Crippen LogP contribution in [0.4, 0.5) is 8.78 Å².